The molecule has 0 saturated heterocycles. The second kappa shape index (κ2) is 8.75. The minimum Gasteiger partial charge on any atom is -0.483 e. The first-order chi connectivity index (χ1) is 12.8. The minimum absolute atomic E-state index is 0.129. The molecule has 0 aliphatic carbocycles. The van der Waals surface area contributed by atoms with E-state index in [1.165, 1.54) is 31.5 Å². The predicted octanol–water partition coefficient (Wildman–Crippen LogP) is 3.22. The number of hydrogen-bond acceptors (Lipinski definition) is 5. The number of methoxy groups -OCH3 is 1. The molecule has 142 valence electrons. The monoisotopic (exact) mass is 380 g/mol. The molecule has 0 aliphatic heterocycles. The first kappa shape index (κ1) is 19.8. The van der Waals surface area contributed by atoms with Crippen LogP contribution in [0.15, 0.2) is 36.5 Å². The molecule has 2 amide bonds. The van der Waals surface area contributed by atoms with Gasteiger partial charge in [-0.25, -0.2) is 9.78 Å². The summed E-state index contributed by atoms with van der Waals surface area (Å²) < 4.78 is 46.2. The Kier molecular flexibility index (Phi) is 6.43. The highest BCUT2D eigenvalue weighted by Crippen LogP contribution is 2.24. The van der Waals surface area contributed by atoms with E-state index in [0.717, 1.165) is 5.56 Å². The number of amides is 2. The van der Waals surface area contributed by atoms with E-state index in [1.54, 1.807) is 18.2 Å². The molecule has 2 N–H and O–H groups in total. The van der Waals surface area contributed by atoms with Crippen LogP contribution in [0.3, 0.4) is 0 Å². The molecule has 0 unspecified atom stereocenters. The molecule has 0 spiro atoms. The maximum Gasteiger partial charge on any atom is 0.422 e. The quantitative estimate of drug-likeness (QED) is 0.802. The highest BCUT2D eigenvalue weighted by molar-refractivity contribution is 5.89. The lowest BCUT2D eigenvalue weighted by Crippen LogP contribution is -2.28. The van der Waals surface area contributed by atoms with Gasteiger partial charge in [-0.1, -0.05) is 0 Å². The molecule has 0 radical (unpaired) electrons. The van der Waals surface area contributed by atoms with Crippen molar-refractivity contribution in [3.8, 4) is 17.7 Å². The van der Waals surface area contributed by atoms with Gasteiger partial charge in [0.2, 0.25) is 5.88 Å². The number of halogens is 3. The van der Waals surface area contributed by atoms with Gasteiger partial charge in [-0.2, -0.15) is 18.4 Å². The maximum absolute atomic E-state index is 12.2. The Bertz CT molecular complexity index is 850. The molecule has 0 atom stereocenters. The normalized spacial score (nSPS) is 10.6. The van der Waals surface area contributed by atoms with Crippen LogP contribution in [0, 0.1) is 11.3 Å². The molecule has 0 bridgehead atoms. The van der Waals surface area contributed by atoms with Crippen LogP contribution < -0.4 is 20.1 Å². The topological polar surface area (TPSA) is 96.3 Å². The van der Waals surface area contributed by atoms with Crippen LogP contribution in [-0.4, -0.2) is 30.9 Å². The molecule has 10 heteroatoms. The second-order valence-electron chi connectivity index (χ2n) is 5.24. The molecule has 0 saturated carbocycles. The summed E-state index contributed by atoms with van der Waals surface area (Å²) in [6, 6.07) is 8.27. The van der Waals surface area contributed by atoms with Gasteiger partial charge >= 0.3 is 12.2 Å². The van der Waals surface area contributed by atoms with Crippen LogP contribution in [-0.2, 0) is 6.54 Å². The summed E-state index contributed by atoms with van der Waals surface area (Å²) in [4.78, 5) is 15.9. The number of nitriles is 1. The summed E-state index contributed by atoms with van der Waals surface area (Å²) in [6.45, 7) is -1.31. The molecule has 2 rings (SSSR count). The number of carbonyl (C=O) groups excluding carboxylic acids is 1. The Balaban J connectivity index is 1.96. The fraction of sp³-hybridized carbons (Fsp3) is 0.235. The van der Waals surface area contributed by atoms with Crippen LogP contribution in [0.1, 0.15) is 11.1 Å². The van der Waals surface area contributed by atoms with Crippen molar-refractivity contribution in [2.45, 2.75) is 12.7 Å². The lowest BCUT2D eigenvalue weighted by atomic mass is 10.2. The first-order valence-corrected chi connectivity index (χ1v) is 7.58. The Hall–Kier alpha value is -3.48. The van der Waals surface area contributed by atoms with Gasteiger partial charge in [0.15, 0.2) is 6.61 Å². The van der Waals surface area contributed by atoms with Gasteiger partial charge in [-0.3, -0.25) is 0 Å². The number of ether oxygens (including phenoxy) is 2. The van der Waals surface area contributed by atoms with Crippen LogP contribution in [0.25, 0.3) is 0 Å². The molecule has 1 aromatic carbocycles. The molecule has 1 heterocycles. The van der Waals surface area contributed by atoms with Crippen molar-refractivity contribution in [1.29, 1.82) is 5.26 Å². The van der Waals surface area contributed by atoms with Crippen molar-refractivity contribution in [1.82, 2.24) is 10.3 Å². The fourth-order valence-corrected chi connectivity index (χ4v) is 2.01. The summed E-state index contributed by atoms with van der Waals surface area (Å²) in [6.07, 6.45) is -2.98. The SMILES string of the molecule is COc1cc(CNC(=O)Nc2ccc(OCC(F)(F)F)c(C#N)c2)ccn1. The van der Waals surface area contributed by atoms with Crippen LogP contribution in [0.2, 0.25) is 0 Å². The first-order valence-electron chi connectivity index (χ1n) is 7.58. The third-order valence-electron chi connectivity index (χ3n) is 3.21. The number of benzene rings is 1. The smallest absolute Gasteiger partial charge is 0.422 e. The van der Waals surface area contributed by atoms with Crippen molar-refractivity contribution < 1.29 is 27.4 Å². The highest BCUT2D eigenvalue weighted by Gasteiger charge is 2.28. The lowest BCUT2D eigenvalue weighted by molar-refractivity contribution is -0.153. The number of anilines is 1. The summed E-state index contributed by atoms with van der Waals surface area (Å²) in [5.74, 6) is 0.187. The summed E-state index contributed by atoms with van der Waals surface area (Å²) >= 11 is 0. The van der Waals surface area contributed by atoms with Crippen LogP contribution in [0.4, 0.5) is 23.7 Å². The van der Waals surface area contributed by atoms with E-state index in [1.807, 2.05) is 0 Å². The number of pyridine rings is 1. The van der Waals surface area contributed by atoms with E-state index in [9.17, 15) is 18.0 Å². The minimum atomic E-state index is -4.51. The number of rotatable bonds is 6. The maximum atomic E-state index is 12.2. The van der Waals surface area contributed by atoms with Crippen molar-refractivity contribution in [2.24, 2.45) is 0 Å². The van der Waals surface area contributed by atoms with Crippen molar-refractivity contribution >= 4 is 11.7 Å². The van der Waals surface area contributed by atoms with Crippen molar-refractivity contribution in [3.63, 3.8) is 0 Å². The number of urea groups is 1. The zero-order valence-corrected chi connectivity index (χ0v) is 14.1. The largest absolute Gasteiger partial charge is 0.483 e. The van der Waals surface area contributed by atoms with Gasteiger partial charge in [-0.05, 0) is 29.8 Å². The number of carbonyl (C=O) groups is 1. The molecule has 0 fully saturated rings. The highest BCUT2D eigenvalue weighted by atomic mass is 19.4. The number of hydrogen-bond donors (Lipinski definition) is 2. The summed E-state index contributed by atoms with van der Waals surface area (Å²) in [7, 11) is 1.47. The zero-order chi connectivity index (χ0) is 19.9. The van der Waals surface area contributed by atoms with Gasteiger partial charge < -0.3 is 20.1 Å². The molecular formula is C17H15F3N4O3. The number of nitrogens with zero attached hydrogens (tertiary/aromatic N) is 2. The van der Waals surface area contributed by atoms with Gasteiger partial charge in [0.1, 0.15) is 11.8 Å². The molecule has 2 aromatic rings. The number of alkyl halides is 3. The van der Waals surface area contributed by atoms with E-state index in [-0.39, 0.29) is 23.5 Å². The average molecular weight is 380 g/mol. The molecular weight excluding hydrogens is 365 g/mol. The second-order valence-corrected chi connectivity index (χ2v) is 5.24. The molecule has 1 aromatic heterocycles. The Morgan fingerprint density at radius 3 is 2.74 bits per heavy atom. The number of nitrogens with one attached hydrogen (secondary N) is 2. The van der Waals surface area contributed by atoms with E-state index in [2.05, 4.69) is 20.4 Å². The zero-order valence-electron chi connectivity index (χ0n) is 14.1. The molecule has 7 nitrogen and oxygen atoms in total. The van der Waals surface area contributed by atoms with Crippen molar-refractivity contribution in [2.75, 3.05) is 19.0 Å². The van der Waals surface area contributed by atoms with Gasteiger partial charge in [0.05, 0.1) is 12.7 Å². The van der Waals surface area contributed by atoms with Crippen LogP contribution >= 0.6 is 0 Å². The third kappa shape index (κ3) is 6.39. The standard InChI is InChI=1S/C17H15F3N4O3/c1-26-15-6-11(4-5-22-15)9-23-16(25)24-13-2-3-14(12(7-13)8-21)27-10-17(18,19)20/h2-7H,9-10H2,1H3,(H2,23,24,25). The predicted molar refractivity (Wildman–Crippen MR) is 89.4 cm³/mol. The van der Waals surface area contributed by atoms with Gasteiger partial charge in [-0.15, -0.1) is 0 Å². The molecule has 27 heavy (non-hydrogen) atoms. The van der Waals surface area contributed by atoms with E-state index < -0.39 is 18.8 Å². The van der Waals surface area contributed by atoms with E-state index in [4.69, 9.17) is 10.00 Å². The summed E-state index contributed by atoms with van der Waals surface area (Å²) in [5, 5.41) is 14.1. The third-order valence-corrected chi connectivity index (χ3v) is 3.21. The Labute approximate surface area is 152 Å². The summed E-state index contributed by atoms with van der Waals surface area (Å²) in [5.41, 5.74) is 0.859. The lowest BCUT2D eigenvalue weighted by Gasteiger charge is -2.12. The Morgan fingerprint density at radius 2 is 2.07 bits per heavy atom. The fourth-order valence-electron chi connectivity index (χ4n) is 2.01. The van der Waals surface area contributed by atoms with Gasteiger partial charge in [0.25, 0.3) is 0 Å². The Morgan fingerprint density at radius 1 is 1.30 bits per heavy atom. The van der Waals surface area contributed by atoms with Crippen molar-refractivity contribution in [3.05, 3.63) is 47.7 Å². The van der Waals surface area contributed by atoms with Gasteiger partial charge in [0, 0.05) is 24.5 Å². The van der Waals surface area contributed by atoms with E-state index in [0.29, 0.717) is 5.88 Å². The van der Waals surface area contributed by atoms with E-state index >= 15 is 0 Å². The average Bonchev–Trinajstić information content (AvgIpc) is 2.64. The number of aromatic nitrogens is 1. The van der Waals surface area contributed by atoms with Crippen LogP contribution in [0.5, 0.6) is 11.6 Å². The molecule has 0 aliphatic rings.